The van der Waals surface area contributed by atoms with E-state index in [1.807, 2.05) is 0 Å². The van der Waals surface area contributed by atoms with E-state index in [4.69, 9.17) is 0 Å². The number of rotatable bonds is 4. The van der Waals surface area contributed by atoms with Gasteiger partial charge in [-0.25, -0.2) is 0 Å². The van der Waals surface area contributed by atoms with E-state index in [0.717, 1.165) is 10.9 Å². The first-order valence-electron chi connectivity index (χ1n) is 5.28. The molecule has 4 nitrogen and oxygen atoms in total. The van der Waals surface area contributed by atoms with Crippen molar-refractivity contribution in [2.75, 3.05) is 19.3 Å². The van der Waals surface area contributed by atoms with Crippen molar-refractivity contribution >= 4 is 22.8 Å². The number of amidine groups is 1. The molecule has 0 saturated carbocycles. The van der Waals surface area contributed by atoms with Crippen LogP contribution in [0.15, 0.2) is 4.99 Å². The summed E-state index contributed by atoms with van der Waals surface area (Å²) in [5.41, 5.74) is 0. The Morgan fingerprint density at radius 3 is 3.00 bits per heavy atom. The number of nitrogens with zero attached hydrogens (tertiary/aromatic N) is 1. The van der Waals surface area contributed by atoms with Crippen molar-refractivity contribution in [3.05, 3.63) is 0 Å². The topological polar surface area (TPSA) is 53.5 Å². The first-order valence-corrected chi connectivity index (χ1v) is 6.26. The summed E-state index contributed by atoms with van der Waals surface area (Å²) in [7, 11) is 1.65. The van der Waals surface area contributed by atoms with Gasteiger partial charge in [0.2, 0.25) is 5.91 Å². The molecule has 0 spiro atoms. The maximum absolute atomic E-state index is 11.0. The first kappa shape index (κ1) is 12.4. The standard InChI is InChI=1S/C10H19N3OS/c1-7(2)8-6-15-10(13-8)12-5-4-9(14)11-3/h7-8H,4-6H2,1-3H3,(H,11,14)(H,12,13)/t8-/m1/s1. The predicted octanol–water partition coefficient (Wildman–Crippen LogP) is 0.839. The fourth-order valence-electron chi connectivity index (χ4n) is 1.25. The molecule has 1 fully saturated rings. The minimum Gasteiger partial charge on any atom is -0.361 e. The fourth-order valence-corrected chi connectivity index (χ4v) is 2.47. The Hall–Kier alpha value is -0.710. The summed E-state index contributed by atoms with van der Waals surface area (Å²) in [6, 6.07) is 0.522. The second kappa shape index (κ2) is 6.00. The molecule has 86 valence electrons. The second-order valence-corrected chi connectivity index (χ2v) is 4.92. The number of aliphatic imine (C=N–C) groups is 1. The van der Waals surface area contributed by atoms with Gasteiger partial charge in [0.1, 0.15) is 0 Å². The summed E-state index contributed by atoms with van der Waals surface area (Å²) in [6.45, 7) is 4.97. The van der Waals surface area contributed by atoms with Crippen LogP contribution in [-0.4, -0.2) is 36.5 Å². The van der Waals surface area contributed by atoms with E-state index in [9.17, 15) is 4.79 Å². The van der Waals surface area contributed by atoms with Gasteiger partial charge in [-0.3, -0.25) is 9.79 Å². The van der Waals surface area contributed by atoms with Gasteiger partial charge in [-0.1, -0.05) is 25.6 Å². The van der Waals surface area contributed by atoms with Crippen LogP contribution in [0.5, 0.6) is 0 Å². The van der Waals surface area contributed by atoms with Crippen LogP contribution in [0.2, 0.25) is 0 Å². The quantitative estimate of drug-likeness (QED) is 0.751. The molecule has 0 aromatic carbocycles. The molecule has 0 bridgehead atoms. The molecule has 1 aliphatic heterocycles. The Kier molecular flexibility index (Phi) is 4.94. The summed E-state index contributed by atoms with van der Waals surface area (Å²) in [5.74, 6) is 1.75. The number of thioether (sulfide) groups is 1. The largest absolute Gasteiger partial charge is 0.361 e. The monoisotopic (exact) mass is 229 g/mol. The molecule has 0 aromatic heterocycles. The van der Waals surface area contributed by atoms with Gasteiger partial charge >= 0.3 is 0 Å². The highest BCUT2D eigenvalue weighted by molar-refractivity contribution is 8.14. The van der Waals surface area contributed by atoms with Crippen LogP contribution in [0.25, 0.3) is 0 Å². The van der Waals surface area contributed by atoms with E-state index in [1.54, 1.807) is 18.8 Å². The van der Waals surface area contributed by atoms with Gasteiger partial charge in [-0.15, -0.1) is 0 Å². The Bertz CT molecular complexity index is 253. The zero-order valence-corrected chi connectivity index (χ0v) is 10.4. The lowest BCUT2D eigenvalue weighted by Crippen LogP contribution is -2.31. The number of hydrogen-bond donors (Lipinski definition) is 2. The van der Waals surface area contributed by atoms with Crippen molar-refractivity contribution in [3.8, 4) is 0 Å². The predicted molar refractivity (Wildman–Crippen MR) is 65.2 cm³/mol. The lowest BCUT2D eigenvalue weighted by atomic mass is 10.1. The van der Waals surface area contributed by atoms with Crippen LogP contribution >= 0.6 is 11.8 Å². The molecular formula is C10H19N3OS. The molecule has 0 radical (unpaired) electrons. The Morgan fingerprint density at radius 2 is 2.47 bits per heavy atom. The summed E-state index contributed by atoms with van der Waals surface area (Å²) in [6.07, 6.45) is 0.467. The van der Waals surface area contributed by atoms with Gasteiger partial charge < -0.3 is 10.6 Å². The summed E-state index contributed by atoms with van der Waals surface area (Å²) in [4.78, 5) is 15.3. The highest BCUT2D eigenvalue weighted by Gasteiger charge is 2.22. The number of carbonyl (C=O) groups is 1. The lowest BCUT2D eigenvalue weighted by Gasteiger charge is -2.12. The second-order valence-electron chi connectivity index (χ2n) is 3.92. The maximum Gasteiger partial charge on any atom is 0.221 e. The molecule has 2 N–H and O–H groups in total. The molecule has 5 heteroatoms. The van der Waals surface area contributed by atoms with Gasteiger partial charge in [0, 0.05) is 25.3 Å². The van der Waals surface area contributed by atoms with Gasteiger partial charge in [-0.2, -0.15) is 0 Å². The molecule has 1 rings (SSSR count). The van der Waals surface area contributed by atoms with Crippen LogP contribution < -0.4 is 10.6 Å². The molecular weight excluding hydrogens is 210 g/mol. The van der Waals surface area contributed by atoms with E-state index in [1.165, 1.54) is 0 Å². The van der Waals surface area contributed by atoms with Crippen molar-refractivity contribution < 1.29 is 4.79 Å². The van der Waals surface area contributed by atoms with Crippen LogP contribution in [-0.2, 0) is 4.79 Å². The average Bonchev–Trinajstić information content (AvgIpc) is 2.66. The van der Waals surface area contributed by atoms with E-state index in [0.29, 0.717) is 24.9 Å². The highest BCUT2D eigenvalue weighted by atomic mass is 32.2. The van der Waals surface area contributed by atoms with Crippen LogP contribution in [0.1, 0.15) is 20.3 Å². The number of hydrogen-bond acceptors (Lipinski definition) is 3. The minimum absolute atomic E-state index is 0.0442. The molecule has 1 amide bonds. The van der Waals surface area contributed by atoms with Gasteiger partial charge in [0.05, 0.1) is 6.54 Å². The number of nitrogens with one attached hydrogen (secondary N) is 2. The van der Waals surface area contributed by atoms with Crippen LogP contribution in [0, 0.1) is 5.92 Å². The molecule has 1 heterocycles. The van der Waals surface area contributed by atoms with Gasteiger partial charge in [0.15, 0.2) is 5.17 Å². The zero-order valence-electron chi connectivity index (χ0n) is 9.54. The lowest BCUT2D eigenvalue weighted by molar-refractivity contribution is -0.120. The van der Waals surface area contributed by atoms with E-state index < -0.39 is 0 Å². The summed E-state index contributed by atoms with van der Waals surface area (Å²) < 4.78 is 0. The number of carbonyl (C=O) groups excluding carboxylic acids is 1. The highest BCUT2D eigenvalue weighted by Crippen LogP contribution is 2.18. The smallest absolute Gasteiger partial charge is 0.221 e. The average molecular weight is 229 g/mol. The minimum atomic E-state index is 0.0442. The van der Waals surface area contributed by atoms with Crippen molar-refractivity contribution in [1.82, 2.24) is 10.6 Å². The Labute approximate surface area is 95.3 Å². The third-order valence-corrected chi connectivity index (χ3v) is 3.43. The van der Waals surface area contributed by atoms with Crippen LogP contribution in [0.4, 0.5) is 0 Å². The van der Waals surface area contributed by atoms with Crippen molar-refractivity contribution in [1.29, 1.82) is 0 Å². The van der Waals surface area contributed by atoms with E-state index >= 15 is 0 Å². The van der Waals surface area contributed by atoms with Gasteiger partial charge in [0.25, 0.3) is 0 Å². The molecule has 0 unspecified atom stereocenters. The van der Waals surface area contributed by atoms with Gasteiger partial charge in [-0.05, 0) is 5.92 Å². The summed E-state index contributed by atoms with van der Waals surface area (Å²) in [5, 5.41) is 6.93. The summed E-state index contributed by atoms with van der Waals surface area (Å²) >= 11 is 1.75. The first-order chi connectivity index (χ1) is 7.13. The third kappa shape index (κ3) is 4.11. The Balaban J connectivity index is 2.27. The van der Waals surface area contributed by atoms with Crippen molar-refractivity contribution in [3.63, 3.8) is 0 Å². The maximum atomic E-state index is 11.0. The van der Waals surface area contributed by atoms with Crippen LogP contribution in [0.3, 0.4) is 0 Å². The Morgan fingerprint density at radius 1 is 1.73 bits per heavy atom. The third-order valence-electron chi connectivity index (χ3n) is 2.39. The molecule has 0 aromatic rings. The molecule has 0 aliphatic carbocycles. The zero-order chi connectivity index (χ0) is 11.3. The molecule has 1 atom stereocenters. The molecule has 1 aliphatic rings. The SMILES string of the molecule is CNC(=O)CCN=C1N[C@@H](C(C)C)CS1. The molecule has 1 saturated heterocycles. The fraction of sp³-hybridized carbons (Fsp3) is 0.800. The van der Waals surface area contributed by atoms with Crippen molar-refractivity contribution in [2.45, 2.75) is 26.3 Å². The van der Waals surface area contributed by atoms with Crippen molar-refractivity contribution in [2.24, 2.45) is 10.9 Å². The van der Waals surface area contributed by atoms with E-state index in [-0.39, 0.29) is 5.91 Å². The number of amides is 1. The van der Waals surface area contributed by atoms with E-state index in [2.05, 4.69) is 29.5 Å². The molecule has 15 heavy (non-hydrogen) atoms. The normalized spacial score (nSPS) is 23.2.